The predicted molar refractivity (Wildman–Crippen MR) is 433 cm³/mol. The van der Waals surface area contributed by atoms with Crippen LogP contribution in [0.25, 0.3) is 137 Å². The Kier molecular flexibility index (Phi) is 25.1. The van der Waals surface area contributed by atoms with Crippen molar-refractivity contribution in [3.63, 3.8) is 0 Å². The van der Waals surface area contributed by atoms with E-state index >= 15 is 0 Å². The zero-order valence-corrected chi connectivity index (χ0v) is 66.9. The summed E-state index contributed by atoms with van der Waals surface area (Å²) < 4.78 is 181. The number of aryl methyl sites for hydroxylation is 4. The van der Waals surface area contributed by atoms with E-state index in [1.54, 1.807) is 109 Å². The number of nitrogens with zero attached hydrogens (tertiary/aromatic N) is 4. The van der Waals surface area contributed by atoms with Gasteiger partial charge in [0.15, 0.2) is 46.3 Å². The molecular weight excluding hydrogens is 1690 g/mol. The van der Waals surface area contributed by atoms with Gasteiger partial charge in [-0.1, -0.05) is 106 Å². The molecule has 0 saturated carbocycles. The van der Waals surface area contributed by atoms with Crippen molar-refractivity contribution in [2.45, 2.75) is 66.5 Å². The number of rotatable bonds is 18. The fraction of sp³-hybridized carbons (Fsp3) is 0.116. The lowest BCUT2D eigenvalue weighted by Crippen LogP contribution is -2.19. The number of aromatic amines is 4. The van der Waals surface area contributed by atoms with Crippen molar-refractivity contribution in [1.29, 1.82) is 0 Å². The van der Waals surface area contributed by atoms with Crippen LogP contribution in [0.1, 0.15) is 36.6 Å². The minimum atomic E-state index is -4.82. The second-order valence-corrected chi connectivity index (χ2v) is 28.8. The van der Waals surface area contributed by atoms with Crippen molar-refractivity contribution >= 4 is 69.6 Å². The summed E-state index contributed by atoms with van der Waals surface area (Å²) in [6, 6.07) is 60.3. The standard InChI is InChI=1S/C22H16Cl2F2N2O2.C22H16ClF3N2O2.C21H13Cl2F3N2O2.C21H14ClF3N2O2/c1-12-20(13-3-6-15(23)7-4-13)28-21(27-12)18-10-9-17(29-18)14-5-8-16(24)19(11-14)30-22(2,25)26;1-12-20(13-3-6-15(24)7-4-13)28-21(27-12)18-10-9-17(29-18)14-5-8-16(23)19(11-14)30-22(2,25)26;1-11-19(12-2-5-14(22)6-3-12)28-20(27-11)18-9-8-16(29-18)13-4-7-17(15(23)10-13)30-21(24,25)26;1-12-19(14-2-6-15(22)7-3-14)27-20(26-12)18-11-10-17(28-18)13-4-8-16(9-5-13)29-21(23,24)25/h2*3-11H,1-2H3,(H,27,28);2-10H,1H3,(H,27,28);2-11H,1H3,(H,26,27). The zero-order chi connectivity index (χ0) is 85.0. The van der Waals surface area contributed by atoms with Gasteiger partial charge in [0.2, 0.25) is 0 Å². The predicted octanol–water partition coefficient (Wildman–Crippen LogP) is 29.1. The Bertz CT molecular complexity index is 6030. The highest BCUT2D eigenvalue weighted by atomic mass is 35.5. The molecule has 8 heterocycles. The fourth-order valence-electron chi connectivity index (χ4n) is 11.9. The minimum absolute atomic E-state index is 0.0673. The van der Waals surface area contributed by atoms with Crippen molar-refractivity contribution in [2.75, 3.05) is 0 Å². The van der Waals surface area contributed by atoms with Crippen LogP contribution in [0.3, 0.4) is 0 Å². The summed E-state index contributed by atoms with van der Waals surface area (Å²) in [5, 5.41) is 1.90. The van der Waals surface area contributed by atoms with Crippen molar-refractivity contribution < 1.29 is 84.9 Å². The second-order valence-electron chi connectivity index (χ2n) is 26.3. The number of benzene rings is 8. The van der Waals surface area contributed by atoms with Crippen molar-refractivity contribution in [1.82, 2.24) is 39.9 Å². The van der Waals surface area contributed by atoms with Gasteiger partial charge >= 0.3 is 24.9 Å². The first-order valence-electron chi connectivity index (χ1n) is 35.2. The van der Waals surface area contributed by atoms with Crippen LogP contribution >= 0.6 is 69.6 Å². The molecule has 0 atom stereocenters. The average molecular weight is 1750 g/mol. The number of ether oxygens (including phenoxy) is 4. The molecule has 8 aromatic carbocycles. The molecule has 119 heavy (non-hydrogen) atoms. The van der Waals surface area contributed by atoms with Crippen LogP contribution in [0, 0.1) is 33.5 Å². The van der Waals surface area contributed by atoms with Gasteiger partial charge in [0.1, 0.15) is 51.9 Å². The molecule has 0 aliphatic heterocycles. The third-order valence-electron chi connectivity index (χ3n) is 17.2. The summed E-state index contributed by atoms with van der Waals surface area (Å²) in [5.74, 6) is 4.52. The maximum atomic E-state index is 13.2. The van der Waals surface area contributed by atoms with Crippen LogP contribution in [-0.2, 0) is 0 Å². The van der Waals surface area contributed by atoms with Crippen LogP contribution in [-0.4, -0.2) is 64.8 Å². The number of imidazole rings is 4. The number of alkyl halides is 10. The molecule has 4 N–H and O–H groups in total. The smallest absolute Gasteiger partial charge is 0.453 e. The van der Waals surface area contributed by atoms with Gasteiger partial charge in [0, 0.05) is 96.2 Å². The highest BCUT2D eigenvalue weighted by Gasteiger charge is 2.34. The Morgan fingerprint density at radius 3 is 0.849 bits per heavy atom. The van der Waals surface area contributed by atoms with Crippen molar-refractivity contribution in [3.8, 4) is 160 Å². The summed E-state index contributed by atoms with van der Waals surface area (Å²) in [6.07, 6.45) is -16.3. The van der Waals surface area contributed by atoms with Crippen molar-refractivity contribution in [3.05, 3.63) is 283 Å². The molecule has 0 spiro atoms. The average Bonchev–Trinajstić information content (AvgIpc) is 1.67. The Morgan fingerprint density at radius 2 is 0.546 bits per heavy atom. The SMILES string of the molecule is Cc1[nH]c(-c2ccc(-c3ccc(Cl)c(OC(C)(F)F)c3)o2)nc1-c1ccc(Cl)cc1.Cc1[nH]c(-c2ccc(-c3ccc(Cl)c(OC(C)(F)F)c3)o2)nc1-c1ccc(F)cc1.Cc1[nH]c(-c2ccc(-c3ccc(OC(F)(F)F)c(Cl)c3)o2)nc1-c1ccc(Cl)cc1.Cc1[nH]c(-c2ccc(-c3ccc(OC(F)(F)F)cc3)o2)nc1-c1ccc(Cl)cc1. The highest BCUT2D eigenvalue weighted by Crippen LogP contribution is 2.42. The first-order valence-corrected chi connectivity index (χ1v) is 37.5. The molecule has 0 aliphatic carbocycles. The normalized spacial score (nSPS) is 11.7. The van der Waals surface area contributed by atoms with E-state index in [-0.39, 0.29) is 38.1 Å². The molecule has 16 nitrogen and oxygen atoms in total. The minimum Gasteiger partial charge on any atom is -0.453 e. The molecule has 0 saturated heterocycles. The summed E-state index contributed by atoms with van der Waals surface area (Å²) in [6.45, 7) is 8.86. The lowest BCUT2D eigenvalue weighted by Gasteiger charge is -2.14. The first-order chi connectivity index (χ1) is 56.4. The summed E-state index contributed by atoms with van der Waals surface area (Å²) in [7, 11) is 0. The third kappa shape index (κ3) is 21.8. The molecule has 16 aromatic rings. The molecule has 0 aliphatic rings. The first kappa shape index (κ1) is 84.8. The van der Waals surface area contributed by atoms with Crippen LogP contribution < -0.4 is 18.9 Å². The summed E-state index contributed by atoms with van der Waals surface area (Å²) >= 11 is 35.7. The molecule has 610 valence electrons. The Morgan fingerprint density at radius 1 is 0.277 bits per heavy atom. The quantitative estimate of drug-likeness (QED) is 0.0593. The number of aromatic nitrogens is 8. The van der Waals surface area contributed by atoms with Gasteiger partial charge in [-0.05, 0) is 216 Å². The number of halogens is 17. The highest BCUT2D eigenvalue weighted by molar-refractivity contribution is 6.33. The van der Waals surface area contributed by atoms with Crippen LogP contribution in [0.5, 0.6) is 23.0 Å². The number of hydrogen-bond donors (Lipinski definition) is 4. The van der Waals surface area contributed by atoms with Gasteiger partial charge in [-0.3, -0.25) is 0 Å². The molecule has 0 unspecified atom stereocenters. The van der Waals surface area contributed by atoms with Gasteiger partial charge in [-0.25, -0.2) is 24.3 Å². The Hall–Kier alpha value is -12.1. The van der Waals surface area contributed by atoms with E-state index < -0.39 is 30.7 Å². The fourth-order valence-corrected chi connectivity index (χ4v) is 12.8. The van der Waals surface area contributed by atoms with E-state index in [4.69, 9.17) is 87.3 Å². The summed E-state index contributed by atoms with van der Waals surface area (Å²) in [5.41, 5.74) is 12.1. The van der Waals surface area contributed by atoms with Crippen LogP contribution in [0.2, 0.25) is 30.1 Å². The molecular formula is C86H59Cl6F11N8O8. The second kappa shape index (κ2) is 35.2. The molecule has 33 heteroatoms. The molecule has 16 rings (SSSR count). The lowest BCUT2D eigenvalue weighted by molar-refractivity contribution is -0.275. The monoisotopic (exact) mass is 1750 g/mol. The van der Waals surface area contributed by atoms with E-state index in [2.05, 4.69) is 58.8 Å². The van der Waals surface area contributed by atoms with Gasteiger partial charge in [-0.15, -0.1) is 26.3 Å². The van der Waals surface area contributed by atoms with E-state index in [0.29, 0.717) is 126 Å². The van der Waals surface area contributed by atoms with Crippen molar-refractivity contribution in [2.24, 2.45) is 0 Å². The number of H-pyrrole nitrogens is 4. The molecule has 0 amide bonds. The van der Waals surface area contributed by atoms with Gasteiger partial charge in [0.25, 0.3) is 0 Å². The number of furan rings is 4. The molecule has 0 fully saturated rings. The topological polar surface area (TPSA) is 204 Å². The van der Waals surface area contributed by atoms with E-state index in [1.165, 1.54) is 72.8 Å². The van der Waals surface area contributed by atoms with Gasteiger partial charge in [0.05, 0.1) is 37.8 Å². The largest absolute Gasteiger partial charge is 0.573 e. The Balaban J connectivity index is 0.000000137. The van der Waals surface area contributed by atoms with E-state index in [0.717, 1.165) is 68.2 Å². The number of nitrogens with one attached hydrogen (secondary N) is 4. The number of hydrogen-bond acceptors (Lipinski definition) is 12. The lowest BCUT2D eigenvalue weighted by atomic mass is 10.1. The summed E-state index contributed by atoms with van der Waals surface area (Å²) in [4.78, 5) is 31.1. The van der Waals surface area contributed by atoms with E-state index in [1.807, 2.05) is 64.1 Å². The molecule has 0 bridgehead atoms. The zero-order valence-electron chi connectivity index (χ0n) is 62.3. The van der Waals surface area contributed by atoms with Crippen LogP contribution in [0.15, 0.2) is 242 Å². The Labute approximate surface area is 699 Å². The van der Waals surface area contributed by atoms with Crippen LogP contribution in [0.4, 0.5) is 48.3 Å². The molecule has 0 radical (unpaired) electrons. The van der Waals surface area contributed by atoms with Gasteiger partial charge < -0.3 is 56.6 Å². The van der Waals surface area contributed by atoms with Gasteiger partial charge in [-0.2, -0.15) is 17.6 Å². The third-order valence-corrected chi connectivity index (χ3v) is 18.9. The maximum absolute atomic E-state index is 13.2. The van der Waals surface area contributed by atoms with E-state index in [9.17, 15) is 48.3 Å². The molecule has 8 aromatic heterocycles. The maximum Gasteiger partial charge on any atom is 0.573 e.